The Morgan fingerprint density at radius 2 is 1.93 bits per heavy atom. The number of rotatable bonds is 1. The molecule has 1 unspecified atom stereocenters. The number of benzene rings is 1. The van der Waals surface area contributed by atoms with Gasteiger partial charge in [0.2, 0.25) is 0 Å². The third-order valence-electron chi connectivity index (χ3n) is 2.16. The standard InChI is InChI=1S/C10H10Cl2N2S/c1-6-5-14(10(13)15-6)9-3-7(11)2-8(12)4-9/h2-4,6,13H,5H2,1H3. The summed E-state index contributed by atoms with van der Waals surface area (Å²) in [5, 5.41) is 10.0. The van der Waals surface area contributed by atoms with Crippen molar-refractivity contribution in [3.05, 3.63) is 28.2 Å². The van der Waals surface area contributed by atoms with Crippen molar-refractivity contribution in [3.8, 4) is 0 Å². The highest BCUT2D eigenvalue weighted by Crippen LogP contribution is 2.32. The summed E-state index contributed by atoms with van der Waals surface area (Å²) < 4.78 is 0. The largest absolute Gasteiger partial charge is 0.320 e. The van der Waals surface area contributed by atoms with Gasteiger partial charge in [-0.15, -0.1) is 0 Å². The van der Waals surface area contributed by atoms with Crippen molar-refractivity contribution >= 4 is 45.8 Å². The van der Waals surface area contributed by atoms with Gasteiger partial charge in [0.25, 0.3) is 0 Å². The maximum atomic E-state index is 7.82. The lowest BCUT2D eigenvalue weighted by molar-refractivity contribution is 0.950. The van der Waals surface area contributed by atoms with Crippen molar-refractivity contribution in [1.29, 1.82) is 5.41 Å². The summed E-state index contributed by atoms with van der Waals surface area (Å²) in [5.41, 5.74) is 0.898. The monoisotopic (exact) mass is 260 g/mol. The molecular formula is C10H10Cl2N2S. The predicted molar refractivity (Wildman–Crippen MR) is 68.6 cm³/mol. The lowest BCUT2D eigenvalue weighted by Gasteiger charge is -2.17. The van der Waals surface area contributed by atoms with E-state index in [4.69, 9.17) is 28.6 Å². The van der Waals surface area contributed by atoms with E-state index in [9.17, 15) is 0 Å². The van der Waals surface area contributed by atoms with Crippen LogP contribution in [-0.2, 0) is 0 Å². The Morgan fingerprint density at radius 3 is 2.40 bits per heavy atom. The van der Waals surface area contributed by atoms with Crippen LogP contribution in [0.25, 0.3) is 0 Å². The topological polar surface area (TPSA) is 27.1 Å². The van der Waals surface area contributed by atoms with Gasteiger partial charge in [-0.3, -0.25) is 5.41 Å². The van der Waals surface area contributed by atoms with Crippen molar-refractivity contribution in [2.24, 2.45) is 0 Å². The van der Waals surface area contributed by atoms with Crippen LogP contribution >= 0.6 is 35.0 Å². The third-order valence-corrected chi connectivity index (χ3v) is 3.59. The summed E-state index contributed by atoms with van der Waals surface area (Å²) in [6.07, 6.45) is 0. The molecular weight excluding hydrogens is 251 g/mol. The second-order valence-corrected chi connectivity index (χ2v) is 5.77. The highest BCUT2D eigenvalue weighted by atomic mass is 35.5. The van der Waals surface area contributed by atoms with E-state index in [0.29, 0.717) is 20.5 Å². The first kappa shape index (κ1) is 11.1. The highest BCUT2D eigenvalue weighted by molar-refractivity contribution is 8.15. The van der Waals surface area contributed by atoms with E-state index in [2.05, 4.69) is 6.92 Å². The Bertz CT molecular complexity index is 388. The van der Waals surface area contributed by atoms with E-state index >= 15 is 0 Å². The second-order valence-electron chi connectivity index (χ2n) is 3.47. The molecule has 1 aromatic rings. The zero-order valence-corrected chi connectivity index (χ0v) is 10.5. The fourth-order valence-electron chi connectivity index (χ4n) is 1.55. The quantitative estimate of drug-likeness (QED) is 0.830. The number of nitrogens with one attached hydrogen (secondary N) is 1. The molecule has 15 heavy (non-hydrogen) atoms. The summed E-state index contributed by atoms with van der Waals surface area (Å²) in [6, 6.07) is 5.37. The minimum atomic E-state index is 0.440. The molecule has 0 aromatic heterocycles. The highest BCUT2D eigenvalue weighted by Gasteiger charge is 2.25. The van der Waals surface area contributed by atoms with Gasteiger partial charge in [-0.05, 0) is 18.2 Å². The van der Waals surface area contributed by atoms with Crippen molar-refractivity contribution in [2.75, 3.05) is 11.4 Å². The molecule has 1 aliphatic heterocycles. The zero-order chi connectivity index (χ0) is 11.0. The van der Waals surface area contributed by atoms with Gasteiger partial charge in [-0.2, -0.15) is 0 Å². The number of halogens is 2. The molecule has 0 saturated carbocycles. The van der Waals surface area contributed by atoms with Crippen LogP contribution in [0.2, 0.25) is 10.0 Å². The van der Waals surface area contributed by atoms with Crippen LogP contribution in [0, 0.1) is 5.41 Å². The van der Waals surface area contributed by atoms with E-state index in [1.165, 1.54) is 0 Å². The molecule has 0 radical (unpaired) electrons. The number of hydrogen-bond donors (Lipinski definition) is 1. The van der Waals surface area contributed by atoms with Gasteiger partial charge in [0.15, 0.2) is 5.17 Å². The smallest absolute Gasteiger partial charge is 0.161 e. The van der Waals surface area contributed by atoms with Crippen LogP contribution in [0.4, 0.5) is 5.69 Å². The van der Waals surface area contributed by atoms with Crippen LogP contribution < -0.4 is 4.90 Å². The van der Waals surface area contributed by atoms with Gasteiger partial charge < -0.3 is 4.90 Å². The molecule has 1 aliphatic rings. The van der Waals surface area contributed by atoms with Gasteiger partial charge in [0.1, 0.15) is 0 Å². The minimum Gasteiger partial charge on any atom is -0.320 e. The Balaban J connectivity index is 2.33. The molecule has 2 rings (SSSR count). The van der Waals surface area contributed by atoms with Crippen LogP contribution in [-0.4, -0.2) is 17.0 Å². The first-order valence-corrected chi connectivity index (χ1v) is 6.18. The molecule has 1 aromatic carbocycles. The zero-order valence-electron chi connectivity index (χ0n) is 8.13. The summed E-state index contributed by atoms with van der Waals surface area (Å²) in [5.74, 6) is 0. The first-order valence-electron chi connectivity index (χ1n) is 4.55. The third kappa shape index (κ3) is 2.41. The molecule has 1 heterocycles. The van der Waals surface area contributed by atoms with Crippen molar-refractivity contribution in [3.63, 3.8) is 0 Å². The molecule has 0 aliphatic carbocycles. The molecule has 0 bridgehead atoms. The van der Waals surface area contributed by atoms with Gasteiger partial charge in [0.05, 0.1) is 0 Å². The Hall–Kier alpha value is -0.380. The average molecular weight is 261 g/mol. The predicted octanol–water partition coefficient (Wildman–Crippen LogP) is 3.87. The van der Waals surface area contributed by atoms with Crippen molar-refractivity contribution in [2.45, 2.75) is 12.2 Å². The van der Waals surface area contributed by atoms with Crippen LogP contribution in [0.3, 0.4) is 0 Å². The average Bonchev–Trinajstić information content (AvgIpc) is 2.43. The first-order chi connectivity index (χ1) is 7.06. The molecule has 80 valence electrons. The molecule has 0 spiro atoms. The number of anilines is 1. The summed E-state index contributed by atoms with van der Waals surface area (Å²) in [6.45, 7) is 2.94. The van der Waals surface area contributed by atoms with E-state index < -0.39 is 0 Å². The van der Waals surface area contributed by atoms with E-state index in [1.807, 2.05) is 17.0 Å². The van der Waals surface area contributed by atoms with Gasteiger partial charge in [0, 0.05) is 27.5 Å². The molecule has 1 N–H and O–H groups in total. The van der Waals surface area contributed by atoms with Crippen LogP contribution in [0.1, 0.15) is 6.92 Å². The van der Waals surface area contributed by atoms with Gasteiger partial charge in [-0.25, -0.2) is 0 Å². The van der Waals surface area contributed by atoms with Crippen molar-refractivity contribution in [1.82, 2.24) is 0 Å². The summed E-state index contributed by atoms with van der Waals surface area (Å²) >= 11 is 13.4. The van der Waals surface area contributed by atoms with Gasteiger partial charge in [-0.1, -0.05) is 41.9 Å². The molecule has 2 nitrogen and oxygen atoms in total. The Labute approximate surface area is 103 Å². The van der Waals surface area contributed by atoms with Crippen LogP contribution in [0.5, 0.6) is 0 Å². The Morgan fingerprint density at radius 1 is 1.33 bits per heavy atom. The number of nitrogens with zero attached hydrogens (tertiary/aromatic N) is 1. The van der Waals surface area contributed by atoms with Crippen LogP contribution in [0.15, 0.2) is 18.2 Å². The molecule has 5 heteroatoms. The minimum absolute atomic E-state index is 0.440. The molecule has 0 amide bonds. The molecule has 1 atom stereocenters. The SMILES string of the molecule is CC1CN(c2cc(Cl)cc(Cl)c2)C(=N)S1. The fraction of sp³-hybridized carbons (Fsp3) is 0.300. The second kappa shape index (κ2) is 4.24. The summed E-state index contributed by atoms with van der Waals surface area (Å²) in [4.78, 5) is 1.92. The lowest BCUT2D eigenvalue weighted by atomic mass is 10.3. The number of hydrogen-bond acceptors (Lipinski definition) is 2. The van der Waals surface area contributed by atoms with E-state index in [1.54, 1.807) is 17.8 Å². The maximum absolute atomic E-state index is 7.82. The maximum Gasteiger partial charge on any atom is 0.161 e. The normalized spacial score (nSPS) is 21.1. The molecule has 1 saturated heterocycles. The van der Waals surface area contributed by atoms with Gasteiger partial charge >= 0.3 is 0 Å². The van der Waals surface area contributed by atoms with E-state index in [-0.39, 0.29) is 0 Å². The summed E-state index contributed by atoms with van der Waals surface area (Å²) in [7, 11) is 0. The number of thioether (sulfide) groups is 1. The van der Waals surface area contributed by atoms with E-state index in [0.717, 1.165) is 12.2 Å². The number of amidine groups is 1. The molecule has 1 fully saturated rings. The Kier molecular flexibility index (Phi) is 3.14. The van der Waals surface area contributed by atoms with Crippen molar-refractivity contribution < 1.29 is 0 Å². The fourth-order valence-corrected chi connectivity index (χ4v) is 2.98. The lowest BCUT2D eigenvalue weighted by Crippen LogP contribution is -2.23.